The van der Waals surface area contributed by atoms with Gasteiger partial charge in [-0.25, -0.2) is 0 Å². The quantitative estimate of drug-likeness (QED) is 0.262. The van der Waals surface area contributed by atoms with Gasteiger partial charge in [0.15, 0.2) is 0 Å². The number of nitrogens with two attached hydrogens (primary N) is 2. The molecule has 13 heteroatoms. The van der Waals surface area contributed by atoms with Gasteiger partial charge in [-0.2, -0.15) is 0 Å². The van der Waals surface area contributed by atoms with Gasteiger partial charge in [-0.05, 0) is 0 Å². The summed E-state index contributed by atoms with van der Waals surface area (Å²) in [6, 6.07) is 0. The Bertz CT molecular complexity index is 202. The number of carboxylic acid groups (broad SMARTS) is 4. The van der Waals surface area contributed by atoms with Crippen molar-refractivity contribution >= 4 is 178 Å². The van der Waals surface area contributed by atoms with Gasteiger partial charge >= 0.3 is 0 Å². The molecule has 0 aromatic heterocycles. The molecule has 0 amide bonds. The van der Waals surface area contributed by atoms with Crippen molar-refractivity contribution in [3.05, 3.63) is 0 Å². The van der Waals surface area contributed by atoms with Crippen molar-refractivity contribution in [1.29, 1.82) is 0 Å². The van der Waals surface area contributed by atoms with Gasteiger partial charge in [-0.1, -0.05) is 0 Å². The smallest absolute Gasteiger partial charge is 0.300 e. The summed E-state index contributed by atoms with van der Waals surface area (Å²) in [5, 5.41) is 29.7. The van der Waals surface area contributed by atoms with Gasteiger partial charge in [0.1, 0.15) is 0 Å². The molecule has 0 atom stereocenters. The Labute approximate surface area is 263 Å². The normalized spacial score (nSPS) is 5.65. The van der Waals surface area contributed by atoms with E-state index in [9.17, 15) is 0 Å². The van der Waals surface area contributed by atoms with E-state index < -0.39 is 23.9 Å². The Hall–Kier alpha value is 2.71. The third kappa shape index (κ3) is 926. The number of carboxylic acids is 4. The summed E-state index contributed by atoms with van der Waals surface area (Å²) < 4.78 is 0. The maximum Gasteiger partial charge on any atom is 0.300 e. The van der Waals surface area contributed by atoms with Gasteiger partial charge in [0, 0.05) is 195 Å². The molecule has 0 aliphatic carbocycles. The molecular formula is C10H24K3N2O8. The molecule has 0 aromatic rings. The summed E-state index contributed by atoms with van der Waals surface area (Å²) in [5.41, 5.74) is 9.81. The van der Waals surface area contributed by atoms with Crippen molar-refractivity contribution in [1.82, 2.24) is 0 Å². The average Bonchev–Trinajstić information content (AvgIpc) is 2.13. The predicted molar refractivity (Wildman–Crippen MR) is 88.6 cm³/mol. The van der Waals surface area contributed by atoms with Gasteiger partial charge in [0.05, 0.1) is 0 Å². The van der Waals surface area contributed by atoms with Crippen molar-refractivity contribution in [2.75, 3.05) is 13.1 Å². The molecule has 0 saturated heterocycles. The first kappa shape index (κ1) is 50.1. The molecule has 8 N–H and O–H groups in total. The van der Waals surface area contributed by atoms with Crippen LogP contribution < -0.4 is 11.5 Å². The van der Waals surface area contributed by atoms with Crippen molar-refractivity contribution in [3.8, 4) is 0 Å². The summed E-state index contributed by atoms with van der Waals surface area (Å²) >= 11 is 0. The van der Waals surface area contributed by atoms with Crippen molar-refractivity contribution in [3.63, 3.8) is 0 Å². The molecule has 23 heavy (non-hydrogen) atoms. The Morgan fingerprint density at radius 1 is 0.565 bits per heavy atom. The molecule has 0 aromatic carbocycles. The van der Waals surface area contributed by atoms with E-state index in [-0.39, 0.29) is 154 Å². The van der Waals surface area contributed by atoms with Crippen LogP contribution in [-0.4, -0.2) is 212 Å². The third-order valence-electron chi connectivity index (χ3n) is 0.167. The van der Waals surface area contributed by atoms with Gasteiger partial charge in [-0.3, -0.25) is 19.2 Å². The molecule has 3 radical (unpaired) electrons. The second-order valence-electron chi connectivity index (χ2n) is 2.65. The number of hydrogen-bond acceptors (Lipinski definition) is 6. The third-order valence-corrected chi connectivity index (χ3v) is 0.167. The van der Waals surface area contributed by atoms with Gasteiger partial charge < -0.3 is 31.9 Å². The maximum absolute atomic E-state index is 9.00. The molecule has 0 saturated carbocycles. The number of carbonyl (C=O) groups is 4. The minimum atomic E-state index is -0.833. The van der Waals surface area contributed by atoms with Crippen LogP contribution in [0.5, 0.6) is 0 Å². The van der Waals surface area contributed by atoms with Crippen LogP contribution in [0.3, 0.4) is 0 Å². The summed E-state index contributed by atoms with van der Waals surface area (Å²) in [4.78, 5) is 36.0. The number of rotatable bonds is 1. The van der Waals surface area contributed by atoms with Crippen LogP contribution in [-0.2, 0) is 19.2 Å². The van der Waals surface area contributed by atoms with E-state index in [4.69, 9.17) is 51.1 Å². The molecule has 125 valence electrons. The van der Waals surface area contributed by atoms with Crippen LogP contribution in [0.2, 0.25) is 0 Å². The zero-order valence-corrected chi connectivity index (χ0v) is 24.4. The van der Waals surface area contributed by atoms with Crippen LogP contribution in [0.25, 0.3) is 0 Å². The average molecular weight is 418 g/mol. The number of hydrogen-bond donors (Lipinski definition) is 6. The summed E-state index contributed by atoms with van der Waals surface area (Å²) in [6.07, 6.45) is 0. The Morgan fingerprint density at radius 2 is 0.609 bits per heavy atom. The minimum absolute atomic E-state index is 0. The van der Waals surface area contributed by atoms with E-state index in [2.05, 4.69) is 0 Å². The van der Waals surface area contributed by atoms with E-state index in [0.29, 0.717) is 13.1 Å². The molecule has 0 unspecified atom stereocenters. The van der Waals surface area contributed by atoms with Gasteiger partial charge in [0.25, 0.3) is 23.9 Å². The summed E-state index contributed by atoms with van der Waals surface area (Å²) in [6.45, 7) is 5.53. The fourth-order valence-corrected chi connectivity index (χ4v) is 0. The van der Waals surface area contributed by atoms with Gasteiger partial charge in [0.2, 0.25) is 0 Å². The van der Waals surface area contributed by atoms with Crippen molar-refractivity contribution in [2.45, 2.75) is 27.7 Å². The van der Waals surface area contributed by atoms with Crippen LogP contribution in [0.1, 0.15) is 27.7 Å². The van der Waals surface area contributed by atoms with E-state index in [1.54, 1.807) is 0 Å². The topological polar surface area (TPSA) is 201 Å². The van der Waals surface area contributed by atoms with E-state index >= 15 is 0 Å². The van der Waals surface area contributed by atoms with Crippen LogP contribution in [0.15, 0.2) is 0 Å². The maximum atomic E-state index is 9.00. The first-order chi connectivity index (χ1) is 8.84. The van der Waals surface area contributed by atoms with Crippen LogP contribution in [0, 0.1) is 0 Å². The molecule has 0 spiro atoms. The molecule has 0 heterocycles. The standard InChI is InChI=1S/C2H8N2.4C2H4O2.3K/c3-1-2-4;4*1-2(3)4;;;/h1-4H2;4*1H3,(H,3,4);;;. The van der Waals surface area contributed by atoms with Crippen LogP contribution >= 0.6 is 0 Å². The van der Waals surface area contributed by atoms with Gasteiger partial charge in [-0.15, -0.1) is 0 Å². The molecule has 0 fully saturated rings. The molecule has 0 aliphatic heterocycles. The predicted octanol–water partition coefficient (Wildman–Crippen LogP) is -1.87. The van der Waals surface area contributed by atoms with E-state index in [1.807, 2.05) is 0 Å². The Kier molecular flexibility index (Phi) is 108. The van der Waals surface area contributed by atoms with Crippen molar-refractivity contribution in [2.24, 2.45) is 11.5 Å². The van der Waals surface area contributed by atoms with E-state index in [1.165, 1.54) is 0 Å². The zero-order valence-electron chi connectivity index (χ0n) is 15.0. The largest absolute Gasteiger partial charge is 0.481 e. The second-order valence-corrected chi connectivity index (χ2v) is 2.65. The fourth-order valence-electron chi connectivity index (χ4n) is 0. The van der Waals surface area contributed by atoms with Crippen LogP contribution in [0.4, 0.5) is 0 Å². The zero-order chi connectivity index (χ0) is 17.7. The molecule has 0 bridgehead atoms. The number of aliphatic carboxylic acids is 4. The van der Waals surface area contributed by atoms with E-state index in [0.717, 1.165) is 27.7 Å². The van der Waals surface area contributed by atoms with Crippen molar-refractivity contribution < 1.29 is 39.6 Å². The Morgan fingerprint density at radius 3 is 0.609 bits per heavy atom. The fraction of sp³-hybridized carbons (Fsp3) is 0.600. The minimum Gasteiger partial charge on any atom is -0.481 e. The first-order valence-corrected chi connectivity index (χ1v) is 5.03. The summed E-state index contributed by atoms with van der Waals surface area (Å²) in [7, 11) is 0. The monoisotopic (exact) mass is 417 g/mol. The Balaban J connectivity index is -0.0000000197. The SMILES string of the molecule is CC(=O)O.CC(=O)O.CC(=O)O.CC(=O)O.NCCN.[K].[K].[K]. The molecular weight excluding hydrogens is 393 g/mol. The molecule has 10 nitrogen and oxygen atoms in total. The molecule has 0 aliphatic rings. The summed E-state index contributed by atoms with van der Waals surface area (Å²) in [5.74, 6) is -3.33. The molecule has 0 rings (SSSR count). The second kappa shape index (κ2) is 49.7. The first-order valence-electron chi connectivity index (χ1n) is 5.03.